The van der Waals surface area contributed by atoms with Gasteiger partial charge < -0.3 is 4.74 Å². The number of unbranched alkanes of at least 4 members (excludes halogenated alkanes) is 11. The molecule has 0 aromatic heterocycles. The molecule has 3 aromatic rings. The highest BCUT2D eigenvalue weighted by molar-refractivity contribution is 5.85. The van der Waals surface area contributed by atoms with Gasteiger partial charge in [-0.25, -0.2) is 4.39 Å². The van der Waals surface area contributed by atoms with Crippen molar-refractivity contribution in [1.82, 2.24) is 0 Å². The van der Waals surface area contributed by atoms with Crippen LogP contribution < -0.4 is 4.74 Å². The van der Waals surface area contributed by atoms with Gasteiger partial charge >= 0.3 is 0 Å². The van der Waals surface area contributed by atoms with E-state index in [2.05, 4.69) is 38.1 Å². The Bertz CT molecular complexity index is 1010. The Labute approximate surface area is 225 Å². The molecule has 0 aliphatic rings. The van der Waals surface area contributed by atoms with Gasteiger partial charge in [-0.3, -0.25) is 0 Å². The molecule has 2 heteroatoms. The van der Waals surface area contributed by atoms with E-state index in [4.69, 9.17) is 4.74 Å². The Hall–Kier alpha value is -2.61. The molecule has 3 aromatic carbocycles. The van der Waals surface area contributed by atoms with E-state index in [1.807, 2.05) is 36.4 Å². The number of halogens is 1. The van der Waals surface area contributed by atoms with E-state index in [0.717, 1.165) is 36.0 Å². The fraction of sp³-hybridized carbons (Fsp3) is 0.486. The van der Waals surface area contributed by atoms with E-state index in [-0.39, 0.29) is 5.82 Å². The highest BCUT2D eigenvalue weighted by atomic mass is 19.1. The molecule has 0 saturated heterocycles. The lowest BCUT2D eigenvalue weighted by atomic mass is 9.92. The predicted molar refractivity (Wildman–Crippen MR) is 158 cm³/mol. The Morgan fingerprint density at radius 1 is 0.568 bits per heavy atom. The average Bonchev–Trinajstić information content (AvgIpc) is 2.93. The summed E-state index contributed by atoms with van der Waals surface area (Å²) in [6.45, 7) is 5.02. The van der Waals surface area contributed by atoms with Gasteiger partial charge in [0.1, 0.15) is 0 Å². The first kappa shape index (κ1) is 29.0. The zero-order valence-corrected chi connectivity index (χ0v) is 23.2. The van der Waals surface area contributed by atoms with Gasteiger partial charge in [-0.05, 0) is 53.6 Å². The molecule has 0 saturated carbocycles. The molecule has 0 heterocycles. The smallest absolute Gasteiger partial charge is 0.173 e. The minimum absolute atomic E-state index is 0.261. The molecule has 3 rings (SSSR count). The van der Waals surface area contributed by atoms with Crippen molar-refractivity contribution in [3.05, 3.63) is 78.1 Å². The molecule has 0 unspecified atom stereocenters. The van der Waals surface area contributed by atoms with Crippen LogP contribution in [-0.2, 0) is 6.42 Å². The van der Waals surface area contributed by atoms with Gasteiger partial charge in [0.05, 0.1) is 6.61 Å². The van der Waals surface area contributed by atoms with Gasteiger partial charge in [0.2, 0.25) is 0 Å². The lowest BCUT2D eigenvalue weighted by Gasteiger charge is -2.16. The summed E-state index contributed by atoms with van der Waals surface area (Å²) in [4.78, 5) is 0. The van der Waals surface area contributed by atoms with Crippen LogP contribution in [-0.4, -0.2) is 6.61 Å². The molecular weight excluding hydrogens is 455 g/mol. The van der Waals surface area contributed by atoms with Gasteiger partial charge in [0.25, 0.3) is 0 Å². The Kier molecular flexibility index (Phi) is 13.3. The summed E-state index contributed by atoms with van der Waals surface area (Å²) in [6, 6.07) is 22.4. The molecule has 0 atom stereocenters. The fourth-order valence-corrected chi connectivity index (χ4v) is 5.00. The number of hydrogen-bond donors (Lipinski definition) is 0. The summed E-state index contributed by atoms with van der Waals surface area (Å²) < 4.78 is 21.8. The van der Waals surface area contributed by atoms with Crippen LogP contribution in [0.3, 0.4) is 0 Å². The molecule has 0 radical (unpaired) electrons. The van der Waals surface area contributed by atoms with Crippen molar-refractivity contribution in [1.29, 1.82) is 0 Å². The van der Waals surface area contributed by atoms with E-state index in [9.17, 15) is 0 Å². The summed E-state index contributed by atoms with van der Waals surface area (Å²) in [5, 5.41) is 0. The lowest BCUT2D eigenvalue weighted by molar-refractivity contribution is 0.291. The quantitative estimate of drug-likeness (QED) is 0.157. The molecule has 200 valence electrons. The topological polar surface area (TPSA) is 9.23 Å². The Morgan fingerprint density at radius 2 is 1.16 bits per heavy atom. The Balaban J connectivity index is 1.65. The minimum Gasteiger partial charge on any atom is -0.490 e. The predicted octanol–water partition coefficient (Wildman–Crippen LogP) is 11.2. The third-order valence-electron chi connectivity index (χ3n) is 7.26. The number of rotatable bonds is 18. The van der Waals surface area contributed by atoms with Crippen LogP contribution in [0.5, 0.6) is 5.75 Å². The molecule has 0 aliphatic heterocycles. The zero-order valence-electron chi connectivity index (χ0n) is 23.2. The summed E-state index contributed by atoms with van der Waals surface area (Å²) in [7, 11) is 0. The van der Waals surface area contributed by atoms with Crippen LogP contribution in [0.25, 0.3) is 22.3 Å². The van der Waals surface area contributed by atoms with Gasteiger partial charge in [0, 0.05) is 5.56 Å². The molecule has 0 N–H and O–H groups in total. The Morgan fingerprint density at radius 3 is 1.81 bits per heavy atom. The maximum absolute atomic E-state index is 15.9. The second-order valence-electron chi connectivity index (χ2n) is 10.4. The van der Waals surface area contributed by atoms with Crippen LogP contribution >= 0.6 is 0 Å². The SMILES string of the molecule is CCCCCCCCCCCc1ccc(-c2c(-c3ccccc3)ccc(OCCCCCC)c2F)cc1. The molecule has 0 aliphatic carbocycles. The van der Waals surface area contributed by atoms with Crippen molar-refractivity contribution in [2.75, 3.05) is 6.61 Å². The van der Waals surface area contributed by atoms with Crippen molar-refractivity contribution >= 4 is 0 Å². The second kappa shape index (κ2) is 17.0. The number of ether oxygens (including phenoxy) is 1. The van der Waals surface area contributed by atoms with Crippen molar-refractivity contribution in [3.63, 3.8) is 0 Å². The largest absolute Gasteiger partial charge is 0.490 e. The molecule has 37 heavy (non-hydrogen) atoms. The molecular formula is C35H47FO. The van der Waals surface area contributed by atoms with E-state index in [1.54, 1.807) is 6.07 Å². The number of aryl methyl sites for hydroxylation is 1. The second-order valence-corrected chi connectivity index (χ2v) is 10.4. The van der Waals surface area contributed by atoms with Crippen LogP contribution in [0.1, 0.15) is 103 Å². The fourth-order valence-electron chi connectivity index (χ4n) is 5.00. The monoisotopic (exact) mass is 502 g/mol. The van der Waals surface area contributed by atoms with Crippen molar-refractivity contribution in [2.45, 2.75) is 104 Å². The molecule has 0 amide bonds. The maximum atomic E-state index is 15.9. The van der Waals surface area contributed by atoms with Crippen molar-refractivity contribution < 1.29 is 9.13 Å². The van der Waals surface area contributed by atoms with Crippen LogP contribution in [0.4, 0.5) is 4.39 Å². The normalized spacial score (nSPS) is 11.1. The van der Waals surface area contributed by atoms with E-state index in [0.29, 0.717) is 17.9 Å². The van der Waals surface area contributed by atoms with Gasteiger partial charge in [-0.2, -0.15) is 0 Å². The lowest BCUT2D eigenvalue weighted by Crippen LogP contribution is -2.01. The van der Waals surface area contributed by atoms with E-state index < -0.39 is 0 Å². The number of hydrogen-bond acceptors (Lipinski definition) is 1. The molecule has 0 fully saturated rings. The third-order valence-corrected chi connectivity index (χ3v) is 7.26. The summed E-state index contributed by atoms with van der Waals surface area (Å²) in [6.07, 6.45) is 17.6. The minimum atomic E-state index is -0.261. The van der Waals surface area contributed by atoms with Gasteiger partial charge in [-0.15, -0.1) is 0 Å². The highest BCUT2D eigenvalue weighted by Gasteiger charge is 2.17. The van der Waals surface area contributed by atoms with E-state index in [1.165, 1.54) is 76.2 Å². The van der Waals surface area contributed by atoms with Crippen LogP contribution in [0.15, 0.2) is 66.7 Å². The van der Waals surface area contributed by atoms with Gasteiger partial charge in [-0.1, -0.05) is 139 Å². The summed E-state index contributed by atoms with van der Waals surface area (Å²) >= 11 is 0. The molecule has 1 nitrogen and oxygen atoms in total. The third kappa shape index (κ3) is 9.65. The van der Waals surface area contributed by atoms with E-state index >= 15 is 4.39 Å². The average molecular weight is 503 g/mol. The summed E-state index contributed by atoms with van der Waals surface area (Å²) in [5.41, 5.74) is 4.79. The zero-order chi connectivity index (χ0) is 26.1. The highest BCUT2D eigenvalue weighted by Crippen LogP contribution is 2.38. The van der Waals surface area contributed by atoms with Crippen LogP contribution in [0.2, 0.25) is 0 Å². The molecule has 0 spiro atoms. The summed E-state index contributed by atoms with van der Waals surface area (Å²) in [5.74, 6) is 0.0912. The number of benzene rings is 3. The standard InChI is InChI=1S/C35H47FO/c1-3-5-7-9-10-11-12-13-15-19-29-22-24-31(25-23-29)34-32(30-20-16-14-17-21-30)26-27-33(35(34)36)37-28-18-8-6-4-2/h14,16-17,20-27H,3-13,15,18-19,28H2,1-2H3. The van der Waals surface area contributed by atoms with Gasteiger partial charge in [0.15, 0.2) is 11.6 Å². The first-order valence-electron chi connectivity index (χ1n) is 14.8. The van der Waals surface area contributed by atoms with Crippen molar-refractivity contribution in [3.8, 4) is 28.0 Å². The van der Waals surface area contributed by atoms with Crippen LogP contribution in [0, 0.1) is 5.82 Å². The first-order chi connectivity index (χ1) is 18.2. The molecule has 0 bridgehead atoms. The maximum Gasteiger partial charge on any atom is 0.173 e. The first-order valence-corrected chi connectivity index (χ1v) is 14.8. The van der Waals surface area contributed by atoms with Crippen molar-refractivity contribution in [2.24, 2.45) is 0 Å².